The normalized spacial score (nSPS) is 21.8. The Bertz CT molecular complexity index is 1420. The summed E-state index contributed by atoms with van der Waals surface area (Å²) in [5.74, 6) is -0.525. The zero-order valence-corrected chi connectivity index (χ0v) is 23.0. The number of benzene rings is 1. The minimum Gasteiger partial charge on any atom is -0.385 e. The molecule has 3 unspecified atom stereocenters. The number of hydrogen-bond donors (Lipinski definition) is 5. The maximum Gasteiger partial charge on any atom is 0.319 e. The first-order valence-corrected chi connectivity index (χ1v) is 14.4. The van der Waals surface area contributed by atoms with Gasteiger partial charge in [-0.15, -0.1) is 0 Å². The molecule has 212 valence electrons. The first-order chi connectivity index (χ1) is 18.3. The van der Waals surface area contributed by atoms with Gasteiger partial charge in [0.2, 0.25) is 0 Å². The van der Waals surface area contributed by atoms with E-state index in [9.17, 15) is 23.4 Å². The number of carbonyl (C=O) groups is 1. The highest BCUT2D eigenvalue weighted by atomic mass is 32.2. The van der Waals surface area contributed by atoms with Gasteiger partial charge in [0.15, 0.2) is 27.0 Å². The van der Waals surface area contributed by atoms with Crippen LogP contribution in [-0.4, -0.2) is 81.0 Å². The number of aromatic nitrogens is 4. The minimum atomic E-state index is -3.63. The minimum absolute atomic E-state index is 0.0176. The Hall–Kier alpha value is -3.33. The van der Waals surface area contributed by atoms with Crippen LogP contribution in [-0.2, 0) is 25.7 Å². The molecule has 0 radical (unpaired) electrons. The molecular formula is C25H35N7O6S. The number of hydrogen-bond acceptors (Lipinski definition) is 10. The number of rotatable bonds is 9. The number of nitrogen functional groups attached to an aromatic ring is 1. The van der Waals surface area contributed by atoms with E-state index >= 15 is 0 Å². The number of sulfone groups is 1. The second-order valence-electron chi connectivity index (χ2n) is 10.7. The summed E-state index contributed by atoms with van der Waals surface area (Å²) >= 11 is 0. The third kappa shape index (κ3) is 6.46. The van der Waals surface area contributed by atoms with Crippen LogP contribution in [0.2, 0.25) is 0 Å². The van der Waals surface area contributed by atoms with Gasteiger partial charge in [-0.1, -0.05) is 32.9 Å². The molecule has 2 aromatic heterocycles. The monoisotopic (exact) mass is 561 g/mol. The van der Waals surface area contributed by atoms with Crippen molar-refractivity contribution in [3.63, 3.8) is 0 Å². The molecule has 0 aliphatic carbocycles. The molecule has 3 atom stereocenters. The number of nitrogens with two attached hydrogens (primary N) is 1. The SMILES string of the molecule is CC(C)(C)c1ccc(NC(=O)NCCCCS(=O)(=O)CC2OCC(O)(n3cnc4c(N)ncnc43)C2O)cc1. The average Bonchev–Trinajstić information content (AvgIpc) is 3.42. The van der Waals surface area contributed by atoms with E-state index in [1.807, 2.05) is 24.3 Å². The summed E-state index contributed by atoms with van der Waals surface area (Å²) in [6.45, 7) is 6.27. The van der Waals surface area contributed by atoms with Crippen molar-refractivity contribution in [1.82, 2.24) is 24.8 Å². The molecule has 1 saturated heterocycles. The number of carbonyl (C=O) groups excluding carboxylic acids is 1. The Morgan fingerprint density at radius 2 is 1.92 bits per heavy atom. The average molecular weight is 562 g/mol. The summed E-state index contributed by atoms with van der Waals surface area (Å²) in [7, 11) is -3.63. The van der Waals surface area contributed by atoms with Crippen molar-refractivity contribution in [2.75, 3.05) is 35.7 Å². The van der Waals surface area contributed by atoms with E-state index in [0.717, 1.165) is 5.56 Å². The summed E-state index contributed by atoms with van der Waals surface area (Å²) in [4.78, 5) is 24.1. The number of urea groups is 1. The van der Waals surface area contributed by atoms with Gasteiger partial charge >= 0.3 is 6.03 Å². The first kappa shape index (κ1) is 28.7. The third-order valence-electron chi connectivity index (χ3n) is 6.71. The van der Waals surface area contributed by atoms with Gasteiger partial charge in [-0.2, -0.15) is 0 Å². The molecule has 13 nitrogen and oxygen atoms in total. The first-order valence-electron chi connectivity index (χ1n) is 12.6. The number of aliphatic hydroxyl groups is 2. The highest BCUT2D eigenvalue weighted by Crippen LogP contribution is 2.33. The summed E-state index contributed by atoms with van der Waals surface area (Å²) in [6.07, 6.45) is 0.498. The molecule has 1 aliphatic rings. The molecule has 0 bridgehead atoms. The Kier molecular flexibility index (Phi) is 8.12. The van der Waals surface area contributed by atoms with Crippen LogP contribution in [0.25, 0.3) is 11.2 Å². The van der Waals surface area contributed by atoms with Crippen molar-refractivity contribution in [1.29, 1.82) is 0 Å². The molecule has 4 rings (SSSR count). The van der Waals surface area contributed by atoms with Crippen molar-refractivity contribution in [2.24, 2.45) is 0 Å². The number of ether oxygens (including phenoxy) is 1. The molecule has 14 heteroatoms. The zero-order valence-electron chi connectivity index (χ0n) is 22.2. The molecule has 0 spiro atoms. The molecule has 39 heavy (non-hydrogen) atoms. The van der Waals surface area contributed by atoms with Gasteiger partial charge in [-0.25, -0.2) is 28.2 Å². The molecular weight excluding hydrogens is 526 g/mol. The number of fused-ring (bicyclic) bond motifs is 1. The van der Waals surface area contributed by atoms with Crippen LogP contribution in [0.4, 0.5) is 16.3 Å². The Labute approximate surface area is 226 Å². The van der Waals surface area contributed by atoms with Gasteiger partial charge in [0.1, 0.15) is 24.1 Å². The number of aliphatic hydroxyl groups excluding tert-OH is 1. The summed E-state index contributed by atoms with van der Waals surface area (Å²) < 4.78 is 32.1. The largest absolute Gasteiger partial charge is 0.385 e. The van der Waals surface area contributed by atoms with Gasteiger partial charge in [-0.3, -0.25) is 4.57 Å². The van der Waals surface area contributed by atoms with Gasteiger partial charge in [-0.05, 0) is 36.0 Å². The smallest absolute Gasteiger partial charge is 0.319 e. The third-order valence-corrected chi connectivity index (χ3v) is 8.46. The lowest BCUT2D eigenvalue weighted by Gasteiger charge is -2.27. The van der Waals surface area contributed by atoms with Crippen LogP contribution in [0.1, 0.15) is 39.2 Å². The van der Waals surface area contributed by atoms with Crippen molar-refractivity contribution in [3.8, 4) is 0 Å². The van der Waals surface area contributed by atoms with Crippen LogP contribution < -0.4 is 16.4 Å². The lowest BCUT2D eigenvalue weighted by atomic mass is 9.87. The van der Waals surface area contributed by atoms with Crippen molar-refractivity contribution in [2.45, 2.75) is 57.0 Å². The number of nitrogens with one attached hydrogen (secondary N) is 2. The van der Waals surface area contributed by atoms with Crippen LogP contribution in [0.15, 0.2) is 36.9 Å². The van der Waals surface area contributed by atoms with Gasteiger partial charge in [0.25, 0.3) is 0 Å². The van der Waals surface area contributed by atoms with E-state index in [1.54, 1.807) is 0 Å². The molecule has 1 aliphatic heterocycles. The molecule has 3 aromatic rings. The molecule has 3 heterocycles. The summed E-state index contributed by atoms with van der Waals surface area (Å²) in [6, 6.07) is 7.24. The van der Waals surface area contributed by atoms with Crippen LogP contribution >= 0.6 is 0 Å². The molecule has 1 aromatic carbocycles. The number of anilines is 2. The zero-order chi connectivity index (χ0) is 28.4. The van der Waals surface area contributed by atoms with Crippen molar-refractivity contribution >= 4 is 38.5 Å². The quantitative estimate of drug-likeness (QED) is 0.236. The predicted octanol–water partition coefficient (Wildman–Crippen LogP) is 1.13. The number of imidazole rings is 1. The lowest BCUT2D eigenvalue weighted by molar-refractivity contribution is -0.107. The van der Waals surface area contributed by atoms with E-state index in [1.165, 1.54) is 17.2 Å². The fourth-order valence-electron chi connectivity index (χ4n) is 4.40. The number of amides is 2. The second kappa shape index (κ2) is 11.0. The van der Waals surface area contributed by atoms with E-state index in [0.29, 0.717) is 25.1 Å². The highest BCUT2D eigenvalue weighted by molar-refractivity contribution is 7.91. The highest BCUT2D eigenvalue weighted by Gasteiger charge is 2.51. The standard InChI is InChI=1S/C25H35N7O6S/c1-24(2,3)16-6-8-17(9-7-16)31-23(34)27-10-4-5-11-39(36,37)12-18-20(33)25(35,13-38-18)32-15-30-19-21(26)28-14-29-22(19)32/h6-9,14-15,18,20,33,35H,4-5,10-13H2,1-3H3,(H2,26,28,29)(H2,27,31,34). The maximum atomic E-state index is 12.7. The molecule has 2 amide bonds. The summed E-state index contributed by atoms with van der Waals surface area (Å²) in [5, 5.41) is 27.4. The van der Waals surface area contributed by atoms with Crippen molar-refractivity contribution < 1.29 is 28.2 Å². The summed E-state index contributed by atoms with van der Waals surface area (Å²) in [5.41, 5.74) is 6.09. The van der Waals surface area contributed by atoms with E-state index in [4.69, 9.17) is 10.5 Å². The van der Waals surface area contributed by atoms with Gasteiger partial charge in [0.05, 0.1) is 24.4 Å². The van der Waals surface area contributed by atoms with E-state index < -0.39 is 33.5 Å². The van der Waals surface area contributed by atoms with E-state index in [-0.39, 0.29) is 40.8 Å². The van der Waals surface area contributed by atoms with Crippen molar-refractivity contribution in [3.05, 3.63) is 42.5 Å². The Morgan fingerprint density at radius 3 is 2.62 bits per heavy atom. The van der Waals surface area contributed by atoms with Crippen LogP contribution in [0.5, 0.6) is 0 Å². The molecule has 1 fully saturated rings. The lowest BCUT2D eigenvalue weighted by Crippen LogP contribution is -2.47. The molecule has 6 N–H and O–H groups in total. The van der Waals surface area contributed by atoms with Crippen LogP contribution in [0, 0.1) is 0 Å². The fraction of sp³-hybridized carbons (Fsp3) is 0.520. The fourth-order valence-corrected chi connectivity index (χ4v) is 5.99. The maximum absolute atomic E-state index is 12.7. The predicted molar refractivity (Wildman–Crippen MR) is 146 cm³/mol. The Balaban J connectivity index is 1.22. The van der Waals surface area contributed by atoms with Crippen LogP contribution in [0.3, 0.4) is 0 Å². The van der Waals surface area contributed by atoms with E-state index in [2.05, 4.69) is 46.4 Å². The van der Waals surface area contributed by atoms with Gasteiger partial charge in [0, 0.05) is 12.2 Å². The number of unbranched alkanes of at least 4 members (excludes halogenated alkanes) is 1. The topological polar surface area (TPSA) is 195 Å². The second-order valence-corrected chi connectivity index (χ2v) is 13.0. The Morgan fingerprint density at radius 1 is 1.21 bits per heavy atom. The van der Waals surface area contributed by atoms with Gasteiger partial charge < -0.3 is 31.3 Å². The number of nitrogens with zero attached hydrogens (tertiary/aromatic N) is 4. The molecule has 0 saturated carbocycles.